The van der Waals surface area contributed by atoms with E-state index in [0.717, 1.165) is 28.9 Å². The van der Waals surface area contributed by atoms with Crippen LogP contribution in [0.5, 0.6) is 0 Å². The number of hydrogen-bond donors (Lipinski definition) is 2. The van der Waals surface area contributed by atoms with Crippen LogP contribution in [0.25, 0.3) is 0 Å². The summed E-state index contributed by atoms with van der Waals surface area (Å²) < 4.78 is 1.12. The molecule has 0 saturated carbocycles. The first-order valence-corrected chi connectivity index (χ1v) is 8.02. The minimum atomic E-state index is -0.0193. The van der Waals surface area contributed by atoms with E-state index >= 15 is 0 Å². The molecule has 1 aromatic carbocycles. The second-order valence-electron chi connectivity index (χ2n) is 4.52. The van der Waals surface area contributed by atoms with E-state index in [1.165, 1.54) is 4.88 Å². The van der Waals surface area contributed by atoms with Crippen LogP contribution in [0.2, 0.25) is 0 Å². The highest BCUT2D eigenvalue weighted by Crippen LogP contribution is 2.22. The summed E-state index contributed by atoms with van der Waals surface area (Å²) in [6.45, 7) is 2.25. The van der Waals surface area contributed by atoms with Gasteiger partial charge in [-0.15, -0.1) is 11.3 Å². The summed E-state index contributed by atoms with van der Waals surface area (Å²) in [7, 11) is 0. The topological polar surface area (TPSA) is 44.4 Å². The molecule has 1 aromatic heterocycles. The van der Waals surface area contributed by atoms with Gasteiger partial charge in [0.1, 0.15) is 0 Å². The predicted octanol–water partition coefficient (Wildman–Crippen LogP) is 3.65. The lowest BCUT2D eigenvalue weighted by molar-refractivity contribution is 0.252. The molecule has 20 heavy (non-hydrogen) atoms. The number of urea groups is 1. The van der Waals surface area contributed by atoms with Crippen LogP contribution in [0.3, 0.4) is 0 Å². The zero-order chi connectivity index (χ0) is 13.9. The summed E-state index contributed by atoms with van der Waals surface area (Å²) in [6.07, 6.45) is 0. The van der Waals surface area contributed by atoms with Crippen molar-refractivity contribution >= 4 is 44.7 Å². The van der Waals surface area contributed by atoms with Crippen molar-refractivity contribution in [3.63, 3.8) is 0 Å². The van der Waals surface area contributed by atoms with Crippen LogP contribution in [-0.2, 0) is 6.54 Å². The molecule has 0 radical (unpaired) electrons. The molecule has 0 aliphatic carbocycles. The molecule has 6 heteroatoms. The number of carbonyl (C=O) groups is 1. The largest absolute Gasteiger partial charge is 0.380 e. The number of halogens is 1. The zero-order valence-corrected chi connectivity index (χ0v) is 13.1. The van der Waals surface area contributed by atoms with E-state index in [1.54, 1.807) is 16.2 Å². The highest BCUT2D eigenvalue weighted by atomic mass is 79.9. The molecular weight excluding hydrogens is 338 g/mol. The Labute approximate surface area is 129 Å². The third kappa shape index (κ3) is 2.96. The standard InChI is InChI=1S/C14H14BrN3OS/c15-10-7-13(20-9-10)8-17-11-1-3-12(4-2-11)18-6-5-16-14(18)19/h1-4,7,9,17H,5-6,8H2,(H,16,19). The van der Waals surface area contributed by atoms with E-state index in [-0.39, 0.29) is 6.03 Å². The van der Waals surface area contributed by atoms with E-state index in [2.05, 4.69) is 38.0 Å². The molecule has 0 unspecified atom stereocenters. The Kier molecular flexibility index (Phi) is 3.93. The van der Waals surface area contributed by atoms with Gasteiger partial charge in [-0.25, -0.2) is 4.79 Å². The summed E-state index contributed by atoms with van der Waals surface area (Å²) in [5, 5.41) is 8.25. The first kappa shape index (κ1) is 13.5. The van der Waals surface area contributed by atoms with Crippen LogP contribution in [0.4, 0.5) is 16.2 Å². The van der Waals surface area contributed by atoms with Gasteiger partial charge in [-0.3, -0.25) is 4.90 Å². The molecule has 1 fully saturated rings. The van der Waals surface area contributed by atoms with Crippen molar-refractivity contribution in [3.05, 3.63) is 45.1 Å². The van der Waals surface area contributed by atoms with Crippen LogP contribution in [0.1, 0.15) is 4.88 Å². The molecule has 1 aliphatic rings. The Balaban J connectivity index is 1.62. The van der Waals surface area contributed by atoms with Crippen LogP contribution < -0.4 is 15.5 Å². The maximum Gasteiger partial charge on any atom is 0.321 e. The van der Waals surface area contributed by atoms with Crippen molar-refractivity contribution in [3.8, 4) is 0 Å². The van der Waals surface area contributed by atoms with Crippen LogP contribution in [0, 0.1) is 0 Å². The van der Waals surface area contributed by atoms with Crippen molar-refractivity contribution in [2.45, 2.75) is 6.54 Å². The smallest absolute Gasteiger partial charge is 0.321 e. The van der Waals surface area contributed by atoms with Crippen LogP contribution in [0.15, 0.2) is 40.2 Å². The fraction of sp³-hybridized carbons (Fsp3) is 0.214. The highest BCUT2D eigenvalue weighted by molar-refractivity contribution is 9.10. The highest BCUT2D eigenvalue weighted by Gasteiger charge is 2.20. The molecule has 2 N–H and O–H groups in total. The fourth-order valence-electron chi connectivity index (χ4n) is 2.11. The maximum atomic E-state index is 11.6. The number of anilines is 2. The first-order valence-electron chi connectivity index (χ1n) is 6.34. The molecule has 0 bridgehead atoms. The second kappa shape index (κ2) is 5.85. The molecular formula is C14H14BrN3OS. The van der Waals surface area contributed by atoms with E-state index in [1.807, 2.05) is 24.3 Å². The molecule has 0 atom stereocenters. The summed E-state index contributed by atoms with van der Waals surface area (Å²) in [4.78, 5) is 14.6. The third-order valence-electron chi connectivity index (χ3n) is 3.12. The molecule has 2 amide bonds. The molecule has 4 nitrogen and oxygen atoms in total. The third-order valence-corrected chi connectivity index (χ3v) is 4.82. The van der Waals surface area contributed by atoms with Crippen LogP contribution >= 0.6 is 27.3 Å². The van der Waals surface area contributed by atoms with Crippen LogP contribution in [-0.4, -0.2) is 19.1 Å². The zero-order valence-electron chi connectivity index (χ0n) is 10.7. The van der Waals surface area contributed by atoms with Crippen molar-refractivity contribution in [2.75, 3.05) is 23.3 Å². The molecule has 2 heterocycles. The van der Waals surface area contributed by atoms with Crippen molar-refractivity contribution < 1.29 is 4.79 Å². The lowest BCUT2D eigenvalue weighted by atomic mass is 10.2. The number of benzene rings is 1. The van der Waals surface area contributed by atoms with Crippen molar-refractivity contribution in [1.82, 2.24) is 5.32 Å². The molecule has 0 spiro atoms. The number of nitrogens with one attached hydrogen (secondary N) is 2. The SMILES string of the molecule is O=C1NCCN1c1ccc(NCc2cc(Br)cs2)cc1. The molecule has 1 aliphatic heterocycles. The van der Waals surface area contributed by atoms with Gasteiger partial charge in [-0.05, 0) is 46.3 Å². The second-order valence-corrected chi connectivity index (χ2v) is 6.43. The van der Waals surface area contributed by atoms with Crippen molar-refractivity contribution in [2.24, 2.45) is 0 Å². The summed E-state index contributed by atoms with van der Waals surface area (Å²) >= 11 is 5.17. The molecule has 104 valence electrons. The van der Waals surface area contributed by atoms with Gasteiger partial charge in [-0.1, -0.05) is 0 Å². The normalized spacial score (nSPS) is 14.4. The lowest BCUT2D eigenvalue weighted by Crippen LogP contribution is -2.27. The minimum absolute atomic E-state index is 0.0193. The number of thiophene rings is 1. The van der Waals surface area contributed by atoms with Gasteiger partial charge in [0.2, 0.25) is 0 Å². The lowest BCUT2D eigenvalue weighted by Gasteiger charge is -2.14. The Bertz CT molecular complexity index is 611. The van der Waals surface area contributed by atoms with E-state index < -0.39 is 0 Å². The monoisotopic (exact) mass is 351 g/mol. The number of amides is 2. The fourth-order valence-corrected chi connectivity index (χ4v) is 3.50. The maximum absolute atomic E-state index is 11.6. The van der Waals surface area contributed by atoms with E-state index in [0.29, 0.717) is 6.54 Å². The Morgan fingerprint density at radius 2 is 2.15 bits per heavy atom. The number of nitrogens with zero attached hydrogens (tertiary/aromatic N) is 1. The van der Waals surface area contributed by atoms with Gasteiger partial charge in [0.05, 0.1) is 0 Å². The Morgan fingerprint density at radius 3 is 2.75 bits per heavy atom. The van der Waals surface area contributed by atoms with Gasteiger partial charge in [-0.2, -0.15) is 0 Å². The van der Waals surface area contributed by atoms with Gasteiger partial charge < -0.3 is 10.6 Å². The number of hydrogen-bond acceptors (Lipinski definition) is 3. The number of rotatable bonds is 4. The van der Waals surface area contributed by atoms with Gasteiger partial charge >= 0.3 is 6.03 Å². The quantitative estimate of drug-likeness (QED) is 0.882. The Hall–Kier alpha value is -1.53. The van der Waals surface area contributed by atoms with Gasteiger partial charge in [0.15, 0.2) is 0 Å². The average Bonchev–Trinajstić information content (AvgIpc) is 3.06. The van der Waals surface area contributed by atoms with Crippen molar-refractivity contribution in [1.29, 1.82) is 0 Å². The molecule has 2 aromatic rings. The molecule has 3 rings (SSSR count). The average molecular weight is 352 g/mol. The minimum Gasteiger partial charge on any atom is -0.380 e. The van der Waals surface area contributed by atoms with Gasteiger partial charge in [0, 0.05) is 45.7 Å². The predicted molar refractivity (Wildman–Crippen MR) is 86.5 cm³/mol. The van der Waals surface area contributed by atoms with Gasteiger partial charge in [0.25, 0.3) is 0 Å². The Morgan fingerprint density at radius 1 is 1.35 bits per heavy atom. The molecule has 1 saturated heterocycles. The summed E-state index contributed by atoms with van der Waals surface area (Å²) in [5.41, 5.74) is 1.99. The first-order chi connectivity index (χ1) is 9.72. The van der Waals surface area contributed by atoms with E-state index in [9.17, 15) is 4.79 Å². The number of carbonyl (C=O) groups excluding carboxylic acids is 1. The summed E-state index contributed by atoms with van der Waals surface area (Å²) in [6, 6.07) is 10.0. The van der Waals surface area contributed by atoms with E-state index in [4.69, 9.17) is 0 Å². The summed E-state index contributed by atoms with van der Waals surface area (Å²) in [5.74, 6) is 0.